The van der Waals surface area contributed by atoms with Gasteiger partial charge in [0.05, 0.1) is 73.0 Å². The molecule has 16 rings (SSSR count). The summed E-state index contributed by atoms with van der Waals surface area (Å²) in [5, 5.41) is 0. The number of thioether (sulfide) groups is 2. The van der Waals surface area contributed by atoms with E-state index in [1.165, 1.54) is 143 Å². The normalized spacial score (nSPS) is 17.8. The molecule has 12 aromatic rings. The first kappa shape index (κ1) is 55.6. The Balaban J connectivity index is 0.949. The van der Waals surface area contributed by atoms with Crippen LogP contribution in [0.3, 0.4) is 0 Å². The second kappa shape index (κ2) is 21.0. The summed E-state index contributed by atoms with van der Waals surface area (Å²) in [5.41, 5.74) is 20.5. The molecule has 8 nitrogen and oxygen atoms in total. The van der Waals surface area contributed by atoms with Crippen LogP contribution in [0, 0.1) is 20.8 Å². The van der Waals surface area contributed by atoms with E-state index in [2.05, 4.69) is 161 Å². The van der Waals surface area contributed by atoms with E-state index < -0.39 is 10.8 Å². The number of nitrogens with zero attached hydrogens (tertiary/aromatic N) is 6. The van der Waals surface area contributed by atoms with Crippen LogP contribution in [0.15, 0.2) is 143 Å². The molecule has 6 aromatic heterocycles. The summed E-state index contributed by atoms with van der Waals surface area (Å²) in [4.78, 5) is 38.8. The summed E-state index contributed by atoms with van der Waals surface area (Å²) in [6, 6.07) is 50.7. The summed E-state index contributed by atoms with van der Waals surface area (Å²) in [5.74, 6) is -0.149. The third-order valence-electron chi connectivity index (χ3n) is 17.6. The molecule has 2 aliphatic heterocycles. The van der Waals surface area contributed by atoms with Gasteiger partial charge in [-0.3, -0.25) is 19.4 Å². The first-order valence-corrected chi connectivity index (χ1v) is 35.7. The number of hydrogen-bond acceptors (Lipinski definition) is 16. The topological polar surface area (TPSA) is 92.2 Å². The molecule has 426 valence electrons. The number of carbonyl (C=O) groups excluding carboxylic acids is 2. The largest absolute Gasteiger partial charge is 0.293 e. The number of rotatable bonds is 11. The van der Waals surface area contributed by atoms with Crippen molar-refractivity contribution in [1.82, 2.24) is 27.3 Å². The van der Waals surface area contributed by atoms with Crippen LogP contribution in [0.4, 0.5) is 0 Å². The van der Waals surface area contributed by atoms with Crippen molar-refractivity contribution < 1.29 is 9.59 Å². The predicted octanol–water partition coefficient (Wildman–Crippen LogP) is 19.1. The van der Waals surface area contributed by atoms with Crippen LogP contribution < -0.4 is 0 Å². The molecule has 1 atom stereocenters. The lowest BCUT2D eigenvalue weighted by atomic mass is 9.67. The zero-order valence-corrected chi connectivity index (χ0v) is 55.7. The van der Waals surface area contributed by atoms with Crippen LogP contribution in [-0.4, -0.2) is 60.8 Å². The minimum Gasteiger partial charge on any atom is -0.293 e. The maximum Gasteiger partial charge on any atom is 0.266 e. The van der Waals surface area contributed by atoms with Gasteiger partial charge in [0, 0.05) is 56.2 Å². The molecule has 6 aromatic carbocycles. The van der Waals surface area contributed by atoms with Crippen LogP contribution >= 0.6 is 117 Å². The summed E-state index contributed by atoms with van der Waals surface area (Å²) in [7, 11) is 0. The number of thiophene rings is 4. The lowest BCUT2D eigenvalue weighted by molar-refractivity contribution is -0.122. The third-order valence-corrected chi connectivity index (χ3v) is 26.6. The van der Waals surface area contributed by atoms with E-state index in [1.807, 2.05) is 71.3 Å². The molecule has 1 unspecified atom stereocenters. The van der Waals surface area contributed by atoms with Gasteiger partial charge in [-0.15, -0.1) is 45.3 Å². The van der Waals surface area contributed by atoms with Crippen LogP contribution in [0.25, 0.3) is 84.0 Å². The van der Waals surface area contributed by atoms with E-state index in [0.29, 0.717) is 31.5 Å². The van der Waals surface area contributed by atoms with Gasteiger partial charge in [0.25, 0.3) is 11.8 Å². The van der Waals surface area contributed by atoms with Crippen molar-refractivity contribution in [2.75, 3.05) is 13.1 Å². The Morgan fingerprint density at radius 1 is 0.460 bits per heavy atom. The minimum atomic E-state index is -0.703. The molecule has 87 heavy (non-hydrogen) atoms. The molecule has 2 saturated heterocycles. The molecule has 0 radical (unpaired) electrons. The first-order chi connectivity index (χ1) is 42.3. The van der Waals surface area contributed by atoms with Crippen molar-refractivity contribution >= 4 is 181 Å². The van der Waals surface area contributed by atoms with Gasteiger partial charge in [-0.2, -0.15) is 17.5 Å². The summed E-state index contributed by atoms with van der Waals surface area (Å²) in [6.07, 6.45) is 4.79. The van der Waals surface area contributed by atoms with E-state index in [9.17, 15) is 9.59 Å². The lowest BCUT2D eigenvalue weighted by Crippen LogP contribution is -2.28. The summed E-state index contributed by atoms with van der Waals surface area (Å²) < 4.78 is 23.5. The van der Waals surface area contributed by atoms with Crippen molar-refractivity contribution in [1.29, 1.82) is 0 Å². The maximum absolute atomic E-state index is 13.5. The zero-order valence-electron chi connectivity index (χ0n) is 47.6. The highest BCUT2D eigenvalue weighted by molar-refractivity contribution is 8.27. The highest BCUT2D eigenvalue weighted by Crippen LogP contribution is 2.71. The van der Waals surface area contributed by atoms with E-state index in [4.69, 9.17) is 41.9 Å². The fourth-order valence-electron chi connectivity index (χ4n) is 13.3. The van der Waals surface area contributed by atoms with Crippen molar-refractivity contribution in [2.24, 2.45) is 0 Å². The molecule has 4 aliphatic rings. The van der Waals surface area contributed by atoms with Gasteiger partial charge in [0.1, 0.15) is 30.7 Å². The van der Waals surface area contributed by atoms with Crippen molar-refractivity contribution in [3.63, 3.8) is 0 Å². The predicted molar refractivity (Wildman–Crippen MR) is 378 cm³/mol. The van der Waals surface area contributed by atoms with Crippen molar-refractivity contribution in [3.05, 3.63) is 221 Å². The van der Waals surface area contributed by atoms with Gasteiger partial charge in [-0.1, -0.05) is 193 Å². The van der Waals surface area contributed by atoms with Gasteiger partial charge in [-0.05, 0) is 104 Å². The Kier molecular flexibility index (Phi) is 13.4. The Morgan fingerprint density at radius 3 is 1.18 bits per heavy atom. The van der Waals surface area contributed by atoms with Crippen LogP contribution in [0.5, 0.6) is 0 Å². The van der Waals surface area contributed by atoms with Crippen molar-refractivity contribution in [2.45, 2.75) is 58.8 Å². The van der Waals surface area contributed by atoms with Crippen LogP contribution in [-0.2, 0) is 26.8 Å². The van der Waals surface area contributed by atoms with E-state index in [0.717, 1.165) is 60.5 Å². The number of amides is 2. The van der Waals surface area contributed by atoms with Gasteiger partial charge in [0.15, 0.2) is 0 Å². The van der Waals surface area contributed by atoms with E-state index in [-0.39, 0.29) is 11.8 Å². The number of hydrogen-bond donors (Lipinski definition) is 0. The van der Waals surface area contributed by atoms with E-state index in [1.54, 1.807) is 9.80 Å². The minimum absolute atomic E-state index is 0.0746. The molecule has 0 bridgehead atoms. The maximum atomic E-state index is 13.5. The van der Waals surface area contributed by atoms with Crippen molar-refractivity contribution in [3.8, 4) is 40.4 Å². The number of thiocarbonyl (C=S) groups is 2. The first-order valence-electron chi connectivity index (χ1n) is 28.6. The lowest BCUT2D eigenvalue weighted by Gasteiger charge is -2.34. The summed E-state index contributed by atoms with van der Waals surface area (Å²) >= 11 is 23.9. The molecule has 18 heteroatoms. The monoisotopic (exact) mass is 1310 g/mol. The third kappa shape index (κ3) is 8.14. The average molecular weight is 1310 g/mol. The average Bonchev–Trinajstić information content (AvgIpc) is 1.49. The second-order valence-corrected chi connectivity index (χ2v) is 30.9. The van der Waals surface area contributed by atoms with Gasteiger partial charge in [0.2, 0.25) is 0 Å². The fraction of sp³-hybridized carbons (Fsp3) is 0.159. The highest BCUT2D eigenvalue weighted by atomic mass is 32.2. The zero-order chi connectivity index (χ0) is 59.4. The molecule has 2 fully saturated rings. The van der Waals surface area contributed by atoms with Gasteiger partial charge >= 0.3 is 0 Å². The number of likely N-dealkylation sites (N-methyl/N-ethyl adjacent to an activating group) is 2. The molecular formula is C69H48N6O2S10. The fourth-order valence-corrected chi connectivity index (χ4v) is 23.1. The van der Waals surface area contributed by atoms with Gasteiger partial charge in [-0.25, -0.2) is 0 Å². The van der Waals surface area contributed by atoms with Crippen LogP contribution in [0.2, 0.25) is 0 Å². The highest BCUT2D eigenvalue weighted by Gasteiger charge is 2.55. The number of aromatic nitrogens is 4. The Bertz CT molecular complexity index is 4970. The second-order valence-electron chi connectivity index (χ2n) is 22.3. The molecule has 8 heterocycles. The van der Waals surface area contributed by atoms with Crippen LogP contribution in [0.1, 0.15) is 98.7 Å². The quantitative estimate of drug-likeness (QED) is 0.0921. The molecule has 2 aliphatic carbocycles. The van der Waals surface area contributed by atoms with Gasteiger partial charge < -0.3 is 0 Å². The Labute approximate surface area is 546 Å². The smallest absolute Gasteiger partial charge is 0.266 e. The Morgan fingerprint density at radius 2 is 0.828 bits per heavy atom. The number of fused-ring (bicyclic) bond motifs is 11. The Hall–Kier alpha value is -6.68. The molecule has 0 saturated carbocycles. The van der Waals surface area contributed by atoms with E-state index >= 15 is 0 Å². The molecule has 0 N–H and O–H groups in total. The standard InChI is InChI=1S/C69H48N6O2S10/c1-7-37-16-26-43(27-17-37)69(42-24-14-36(6)15-25-42)47-33-49(45-29-19-39(55-57(45)73-87-71-55)31-51-65(77)75(9-3)67(79)83-51)81-59(47)61-53(69)63-62(85-61)52-60(84-63)58-46(68(52,40-20-10-34(4)11-21-40)41-22-12-35(5)13-23-41)32-48(80-58)44-28-18-38(54-56(44)72-86-70-54)30-50-64(76)74(8-2)66(78)82-50/h10-33H,7-9H2,1-6H3/b50-30-,51-31-. The molecule has 2 amide bonds. The SMILES string of the molecule is CCc1ccc(C2(c3ccc(C)cc3)c3cc(-c4ccc(/C=C5\SC(=S)N(CC)C5=O)c5nsnc45)sc3-c3sc4c5c(sc4c32)-c2sc(-c3ccc(/C=C4\SC(=S)N(CC)C4=O)c4nsnc34)cc2C5(c2ccc(C)cc2)c2ccc(C)cc2)cc1. The number of carbonyl (C=O) groups is 2. The number of benzene rings is 6. The number of aryl methyl sites for hydroxylation is 4. The molecular weight excluding hydrogens is 1270 g/mol. The summed E-state index contributed by atoms with van der Waals surface area (Å²) in [6.45, 7) is 13.7. The molecule has 0 spiro atoms.